The van der Waals surface area contributed by atoms with Gasteiger partial charge in [0, 0.05) is 5.92 Å². The lowest BCUT2D eigenvalue weighted by Crippen LogP contribution is -2.10. The molecule has 1 atom stereocenters. The summed E-state index contributed by atoms with van der Waals surface area (Å²) in [6, 6.07) is 1.79. The number of rotatable bonds is 5. The summed E-state index contributed by atoms with van der Waals surface area (Å²) < 4.78 is 4.86. The zero-order valence-electron chi connectivity index (χ0n) is 7.91. The molecule has 13 heavy (non-hydrogen) atoms. The summed E-state index contributed by atoms with van der Waals surface area (Å²) in [5.41, 5.74) is 0.0363. The number of nitrogens with zero attached hydrogens (tertiary/aromatic N) is 1. The molecule has 0 saturated heterocycles. The fraction of sp³-hybridized carbons (Fsp3) is 0.400. The Morgan fingerprint density at radius 1 is 1.77 bits per heavy atom. The van der Waals surface area contributed by atoms with E-state index in [9.17, 15) is 4.79 Å². The second kappa shape index (κ2) is 6.01. The van der Waals surface area contributed by atoms with Crippen molar-refractivity contribution in [1.82, 2.24) is 0 Å². The number of hydrogen-bond donors (Lipinski definition) is 0. The van der Waals surface area contributed by atoms with Gasteiger partial charge in [-0.15, -0.1) is 6.58 Å². The lowest BCUT2D eigenvalue weighted by atomic mass is 10.0. The molecule has 0 amide bonds. The van der Waals surface area contributed by atoms with Crippen LogP contribution in [-0.2, 0) is 9.53 Å². The molecule has 1 unspecified atom stereocenters. The van der Waals surface area contributed by atoms with Crippen LogP contribution in [0.25, 0.3) is 0 Å². The van der Waals surface area contributed by atoms with Gasteiger partial charge in [0.1, 0.15) is 17.9 Å². The summed E-state index contributed by atoms with van der Waals surface area (Å²) in [7, 11) is 0. The molecule has 70 valence electrons. The van der Waals surface area contributed by atoms with Gasteiger partial charge in [0.05, 0.1) is 6.61 Å². The van der Waals surface area contributed by atoms with E-state index in [4.69, 9.17) is 10.00 Å². The van der Waals surface area contributed by atoms with Gasteiger partial charge < -0.3 is 4.74 Å². The van der Waals surface area contributed by atoms with Crippen molar-refractivity contribution in [3.05, 3.63) is 24.5 Å². The van der Waals surface area contributed by atoms with Crippen LogP contribution in [-0.4, -0.2) is 12.4 Å². The van der Waals surface area contributed by atoms with Gasteiger partial charge in [-0.05, 0) is 6.92 Å². The highest BCUT2D eigenvalue weighted by Crippen LogP contribution is 2.06. The lowest BCUT2D eigenvalue weighted by Gasteiger charge is -2.02. The van der Waals surface area contributed by atoms with Crippen molar-refractivity contribution in [3.63, 3.8) is 0 Å². The van der Waals surface area contributed by atoms with Crippen LogP contribution in [0.1, 0.15) is 13.8 Å². The minimum Gasteiger partial charge on any atom is -0.500 e. The molecule has 0 bridgehead atoms. The number of hydrogen-bond acceptors (Lipinski definition) is 3. The van der Waals surface area contributed by atoms with Gasteiger partial charge in [-0.3, -0.25) is 4.79 Å². The highest BCUT2D eigenvalue weighted by atomic mass is 16.5. The third kappa shape index (κ3) is 3.57. The number of ether oxygens (including phenoxy) is 1. The van der Waals surface area contributed by atoms with Gasteiger partial charge in [-0.25, -0.2) is 0 Å². The van der Waals surface area contributed by atoms with Gasteiger partial charge in [0.15, 0.2) is 5.78 Å². The Labute approximate surface area is 78.3 Å². The fourth-order valence-corrected chi connectivity index (χ4v) is 0.659. The van der Waals surface area contributed by atoms with E-state index in [1.54, 1.807) is 19.9 Å². The van der Waals surface area contributed by atoms with Crippen molar-refractivity contribution in [3.8, 4) is 6.07 Å². The number of carbonyl (C=O) groups is 1. The molecular weight excluding hydrogens is 166 g/mol. The minimum absolute atomic E-state index is 0.0363. The van der Waals surface area contributed by atoms with Crippen LogP contribution >= 0.6 is 0 Å². The lowest BCUT2D eigenvalue weighted by molar-refractivity contribution is -0.117. The van der Waals surface area contributed by atoms with Crippen molar-refractivity contribution in [2.24, 2.45) is 5.92 Å². The van der Waals surface area contributed by atoms with E-state index in [0.717, 1.165) is 0 Å². The molecule has 3 heteroatoms. The SMILES string of the molecule is C=CC(C)C(=O)C(C#N)=COCC. The Morgan fingerprint density at radius 2 is 2.38 bits per heavy atom. The molecular formula is C10H13NO2. The molecule has 0 aliphatic heterocycles. The molecule has 0 aromatic carbocycles. The van der Waals surface area contributed by atoms with Crippen LogP contribution in [0, 0.1) is 17.2 Å². The second-order valence-electron chi connectivity index (χ2n) is 2.49. The Hall–Kier alpha value is -1.56. The molecule has 0 fully saturated rings. The summed E-state index contributed by atoms with van der Waals surface area (Å²) in [6.07, 6.45) is 2.70. The van der Waals surface area contributed by atoms with Crippen molar-refractivity contribution in [2.45, 2.75) is 13.8 Å². The summed E-state index contributed by atoms with van der Waals surface area (Å²) in [4.78, 5) is 11.4. The van der Waals surface area contributed by atoms with Crippen molar-refractivity contribution in [1.29, 1.82) is 5.26 Å². The van der Waals surface area contributed by atoms with Crippen molar-refractivity contribution >= 4 is 5.78 Å². The first-order valence-corrected chi connectivity index (χ1v) is 4.06. The maximum atomic E-state index is 11.4. The van der Waals surface area contributed by atoms with E-state index in [0.29, 0.717) is 6.61 Å². The maximum absolute atomic E-state index is 11.4. The predicted octanol–water partition coefficient (Wildman–Crippen LogP) is 1.82. The van der Waals surface area contributed by atoms with Gasteiger partial charge in [0.2, 0.25) is 0 Å². The van der Waals surface area contributed by atoms with Gasteiger partial charge in [0.25, 0.3) is 0 Å². The average Bonchev–Trinajstić information content (AvgIpc) is 2.17. The third-order valence-electron chi connectivity index (χ3n) is 1.52. The van der Waals surface area contributed by atoms with Gasteiger partial charge >= 0.3 is 0 Å². The van der Waals surface area contributed by atoms with Crippen LogP contribution in [0.15, 0.2) is 24.5 Å². The van der Waals surface area contributed by atoms with Crippen LogP contribution in [0.5, 0.6) is 0 Å². The zero-order valence-corrected chi connectivity index (χ0v) is 7.91. The first kappa shape index (κ1) is 11.4. The standard InChI is InChI=1S/C10H13NO2/c1-4-8(3)10(12)9(6-11)7-13-5-2/h4,7-8H,1,5H2,2-3H3. The third-order valence-corrected chi connectivity index (χ3v) is 1.52. The van der Waals surface area contributed by atoms with Crippen LogP contribution in [0.4, 0.5) is 0 Å². The Balaban J connectivity index is 4.51. The summed E-state index contributed by atoms with van der Waals surface area (Å²) in [5, 5.41) is 8.61. The Kier molecular flexibility index (Phi) is 5.29. The molecule has 0 spiro atoms. The molecule has 0 radical (unpaired) electrons. The normalized spacial score (nSPS) is 12.8. The van der Waals surface area contributed by atoms with E-state index < -0.39 is 0 Å². The summed E-state index contributed by atoms with van der Waals surface area (Å²) in [6.45, 7) is 7.40. The highest BCUT2D eigenvalue weighted by Gasteiger charge is 2.14. The molecule has 0 aliphatic carbocycles. The number of nitriles is 1. The average molecular weight is 179 g/mol. The molecule has 0 aliphatic rings. The zero-order chi connectivity index (χ0) is 10.3. The first-order chi connectivity index (χ1) is 6.17. The van der Waals surface area contributed by atoms with Gasteiger partial charge in [-0.2, -0.15) is 5.26 Å². The van der Waals surface area contributed by atoms with E-state index in [1.165, 1.54) is 12.3 Å². The number of carbonyl (C=O) groups excluding carboxylic acids is 1. The molecule has 3 nitrogen and oxygen atoms in total. The maximum Gasteiger partial charge on any atom is 0.183 e. The molecule has 0 heterocycles. The van der Waals surface area contributed by atoms with Crippen LogP contribution < -0.4 is 0 Å². The summed E-state index contributed by atoms with van der Waals surface area (Å²) in [5.74, 6) is -0.600. The molecule has 0 aromatic heterocycles. The fourth-order valence-electron chi connectivity index (χ4n) is 0.659. The number of allylic oxidation sites excluding steroid dienone is 2. The molecule has 0 rings (SSSR count). The Bertz CT molecular complexity index is 261. The molecule has 0 N–H and O–H groups in total. The van der Waals surface area contributed by atoms with E-state index >= 15 is 0 Å². The van der Waals surface area contributed by atoms with Crippen molar-refractivity contribution in [2.75, 3.05) is 6.61 Å². The van der Waals surface area contributed by atoms with Crippen LogP contribution in [0.3, 0.4) is 0 Å². The van der Waals surface area contributed by atoms with Gasteiger partial charge in [-0.1, -0.05) is 13.0 Å². The minimum atomic E-state index is -0.341. The van der Waals surface area contributed by atoms with Crippen LogP contribution in [0.2, 0.25) is 0 Å². The number of Topliss-reactive ketones (excluding diaryl/α,β-unsaturated/α-hetero) is 1. The monoisotopic (exact) mass is 179 g/mol. The smallest absolute Gasteiger partial charge is 0.183 e. The molecule has 0 saturated carbocycles. The number of ketones is 1. The Morgan fingerprint density at radius 3 is 2.77 bits per heavy atom. The van der Waals surface area contributed by atoms with E-state index in [1.807, 2.05) is 0 Å². The predicted molar refractivity (Wildman–Crippen MR) is 49.7 cm³/mol. The quantitative estimate of drug-likeness (QED) is 0.280. The second-order valence-corrected chi connectivity index (χ2v) is 2.49. The van der Waals surface area contributed by atoms with Crippen molar-refractivity contribution < 1.29 is 9.53 Å². The summed E-state index contributed by atoms with van der Waals surface area (Å²) >= 11 is 0. The largest absolute Gasteiger partial charge is 0.500 e. The first-order valence-electron chi connectivity index (χ1n) is 4.06. The molecule has 0 aromatic rings. The topological polar surface area (TPSA) is 50.1 Å². The van der Waals surface area contributed by atoms with E-state index in [-0.39, 0.29) is 17.3 Å². The van der Waals surface area contributed by atoms with E-state index in [2.05, 4.69) is 6.58 Å². The highest BCUT2D eigenvalue weighted by molar-refractivity contribution is 6.01.